The van der Waals surface area contributed by atoms with E-state index in [1.165, 1.54) is 4.90 Å². The number of methoxy groups -OCH3 is 1. The number of aliphatic hydroxyl groups is 1. The number of ketones is 1. The average Bonchev–Trinajstić information content (AvgIpc) is 3.14. The Balaban J connectivity index is 2.04. The first-order valence-electron chi connectivity index (χ1n) is 12.8. The molecule has 2 aromatic carbocycles. The largest absolute Gasteiger partial charge is 0.507 e. The number of hydrogen-bond donors (Lipinski definition) is 1. The van der Waals surface area contributed by atoms with E-state index >= 15 is 0 Å². The van der Waals surface area contributed by atoms with Gasteiger partial charge in [-0.2, -0.15) is 0 Å². The summed E-state index contributed by atoms with van der Waals surface area (Å²) in [4.78, 5) is 30.0. The van der Waals surface area contributed by atoms with Gasteiger partial charge in [-0.1, -0.05) is 19.4 Å². The van der Waals surface area contributed by atoms with Gasteiger partial charge in [0, 0.05) is 12.1 Å². The van der Waals surface area contributed by atoms with E-state index in [1.54, 1.807) is 49.6 Å². The van der Waals surface area contributed by atoms with E-state index in [-0.39, 0.29) is 11.3 Å². The van der Waals surface area contributed by atoms with Gasteiger partial charge in [-0.25, -0.2) is 0 Å². The van der Waals surface area contributed by atoms with E-state index in [0.717, 1.165) is 19.4 Å². The van der Waals surface area contributed by atoms with E-state index in [9.17, 15) is 14.7 Å². The number of aliphatic hydroxyl groups excluding tert-OH is 1. The minimum Gasteiger partial charge on any atom is -0.507 e. The van der Waals surface area contributed by atoms with Crippen LogP contribution in [-0.2, 0) is 9.59 Å². The number of ether oxygens (including phenoxy) is 3. The lowest BCUT2D eigenvalue weighted by Crippen LogP contribution is -2.32. The predicted octanol–water partition coefficient (Wildman–Crippen LogP) is 4.65. The smallest absolute Gasteiger partial charge is 0.295 e. The number of Topliss-reactive ketones (excluding diaryl/α,β-unsaturated/α-hetero) is 1. The summed E-state index contributed by atoms with van der Waals surface area (Å²) >= 11 is 0. The highest BCUT2D eigenvalue weighted by atomic mass is 16.5. The summed E-state index contributed by atoms with van der Waals surface area (Å²) in [5.41, 5.74) is 1.16. The summed E-state index contributed by atoms with van der Waals surface area (Å²) in [6.45, 7) is 6.17. The number of hydrogen-bond acceptors (Lipinski definition) is 7. The Morgan fingerprint density at radius 3 is 2.35 bits per heavy atom. The first-order valence-corrected chi connectivity index (χ1v) is 12.8. The number of nitrogens with zero attached hydrogens (tertiary/aromatic N) is 2. The van der Waals surface area contributed by atoms with Crippen LogP contribution in [0.15, 0.2) is 48.0 Å². The molecule has 200 valence electrons. The van der Waals surface area contributed by atoms with Crippen molar-refractivity contribution in [1.29, 1.82) is 0 Å². The van der Waals surface area contributed by atoms with Crippen molar-refractivity contribution in [3.05, 3.63) is 59.2 Å². The summed E-state index contributed by atoms with van der Waals surface area (Å²) < 4.78 is 16.9. The van der Waals surface area contributed by atoms with Crippen LogP contribution in [0.5, 0.6) is 17.2 Å². The summed E-state index contributed by atoms with van der Waals surface area (Å²) in [6, 6.07) is 11.5. The second-order valence-electron chi connectivity index (χ2n) is 9.22. The monoisotopic (exact) mass is 510 g/mol. The van der Waals surface area contributed by atoms with Crippen LogP contribution < -0.4 is 14.2 Å². The van der Waals surface area contributed by atoms with E-state index in [1.807, 2.05) is 25.9 Å². The fourth-order valence-corrected chi connectivity index (χ4v) is 4.34. The topological polar surface area (TPSA) is 88.5 Å². The number of likely N-dealkylation sites (tertiary alicyclic amines) is 1. The lowest BCUT2D eigenvalue weighted by molar-refractivity contribution is -0.139. The fourth-order valence-electron chi connectivity index (χ4n) is 4.34. The molecule has 2 aromatic rings. The van der Waals surface area contributed by atoms with Gasteiger partial charge in [-0.05, 0) is 82.4 Å². The highest BCUT2D eigenvalue weighted by Crippen LogP contribution is 2.42. The second-order valence-corrected chi connectivity index (χ2v) is 9.22. The Morgan fingerprint density at radius 1 is 1.00 bits per heavy atom. The zero-order valence-corrected chi connectivity index (χ0v) is 22.5. The minimum absolute atomic E-state index is 0.0562. The maximum absolute atomic E-state index is 13.3. The molecule has 1 heterocycles. The van der Waals surface area contributed by atoms with Crippen LogP contribution in [0, 0.1) is 0 Å². The Labute approximate surface area is 219 Å². The second kappa shape index (κ2) is 13.1. The lowest BCUT2D eigenvalue weighted by Gasteiger charge is -2.26. The maximum atomic E-state index is 13.3. The molecular formula is C29H38N2O6. The molecule has 1 atom stereocenters. The number of benzene rings is 2. The van der Waals surface area contributed by atoms with Gasteiger partial charge in [0.15, 0.2) is 11.5 Å². The van der Waals surface area contributed by atoms with Crippen molar-refractivity contribution in [3.63, 3.8) is 0 Å². The van der Waals surface area contributed by atoms with Crippen LogP contribution in [0.3, 0.4) is 0 Å². The standard InChI is InChI=1S/C29H38N2O6/c1-6-8-18-37-22-13-10-20(11-14-22)27(32)25-26(21-12-15-23(36-7-2)24(19-21)35-5)31(29(34)28(25)33)17-9-16-30(3)4/h10-15,19,26,32H,6-9,16-18H2,1-5H3/b27-25+. The summed E-state index contributed by atoms with van der Waals surface area (Å²) in [7, 11) is 5.46. The molecule has 1 fully saturated rings. The molecule has 1 aliphatic rings. The molecule has 0 spiro atoms. The summed E-state index contributed by atoms with van der Waals surface area (Å²) in [6.07, 6.45) is 2.66. The highest BCUT2D eigenvalue weighted by Gasteiger charge is 2.46. The van der Waals surface area contributed by atoms with E-state index in [0.29, 0.717) is 54.6 Å². The molecule has 1 N–H and O–H groups in total. The fraction of sp³-hybridized carbons (Fsp3) is 0.448. The third-order valence-corrected chi connectivity index (χ3v) is 6.24. The third kappa shape index (κ3) is 6.63. The van der Waals surface area contributed by atoms with Gasteiger partial charge in [0.1, 0.15) is 11.5 Å². The van der Waals surface area contributed by atoms with Crippen molar-refractivity contribution in [2.45, 2.75) is 39.2 Å². The van der Waals surface area contributed by atoms with Crippen molar-refractivity contribution in [3.8, 4) is 17.2 Å². The Kier molecular flexibility index (Phi) is 9.97. The zero-order valence-electron chi connectivity index (χ0n) is 22.5. The molecule has 3 rings (SSSR count). The van der Waals surface area contributed by atoms with Crippen molar-refractivity contribution < 1.29 is 28.9 Å². The van der Waals surface area contributed by atoms with Gasteiger partial charge in [-0.15, -0.1) is 0 Å². The molecule has 0 radical (unpaired) electrons. The van der Waals surface area contributed by atoms with Gasteiger partial charge in [-0.3, -0.25) is 9.59 Å². The van der Waals surface area contributed by atoms with Gasteiger partial charge in [0.05, 0.1) is 31.9 Å². The predicted molar refractivity (Wildman–Crippen MR) is 143 cm³/mol. The lowest BCUT2D eigenvalue weighted by atomic mass is 9.95. The quantitative estimate of drug-likeness (QED) is 0.182. The Hall–Kier alpha value is -3.52. The molecular weight excluding hydrogens is 472 g/mol. The van der Waals surface area contributed by atoms with E-state index < -0.39 is 17.7 Å². The Morgan fingerprint density at radius 2 is 1.73 bits per heavy atom. The Bertz CT molecular complexity index is 1110. The van der Waals surface area contributed by atoms with Crippen molar-refractivity contribution in [2.24, 2.45) is 0 Å². The number of carbonyl (C=O) groups is 2. The SMILES string of the molecule is CCCCOc1ccc(/C(O)=C2\C(=O)C(=O)N(CCCN(C)C)C2c2ccc(OCC)c(OC)c2)cc1. The number of amides is 1. The molecule has 0 saturated carbocycles. The summed E-state index contributed by atoms with van der Waals surface area (Å²) in [5, 5.41) is 11.3. The first kappa shape index (κ1) is 28.1. The normalized spacial score (nSPS) is 16.9. The van der Waals surface area contributed by atoms with Gasteiger partial charge in [0.25, 0.3) is 11.7 Å². The van der Waals surface area contributed by atoms with Crippen LogP contribution in [-0.4, -0.2) is 74.1 Å². The molecule has 0 aromatic heterocycles. The molecule has 1 unspecified atom stereocenters. The minimum atomic E-state index is -0.757. The van der Waals surface area contributed by atoms with Gasteiger partial charge in [0.2, 0.25) is 0 Å². The summed E-state index contributed by atoms with van der Waals surface area (Å²) in [5.74, 6) is 0.193. The van der Waals surface area contributed by atoms with Crippen molar-refractivity contribution in [2.75, 3.05) is 47.5 Å². The molecule has 1 aliphatic heterocycles. The van der Waals surface area contributed by atoms with Gasteiger partial charge >= 0.3 is 0 Å². The van der Waals surface area contributed by atoms with Crippen molar-refractivity contribution >= 4 is 17.4 Å². The van der Waals surface area contributed by atoms with Crippen LogP contribution in [0.1, 0.15) is 50.3 Å². The molecule has 1 saturated heterocycles. The number of rotatable bonds is 13. The van der Waals surface area contributed by atoms with E-state index in [4.69, 9.17) is 14.2 Å². The first-order chi connectivity index (χ1) is 17.8. The highest BCUT2D eigenvalue weighted by molar-refractivity contribution is 6.46. The zero-order chi connectivity index (χ0) is 26.9. The van der Waals surface area contributed by atoms with E-state index in [2.05, 4.69) is 6.92 Å². The van der Waals surface area contributed by atoms with Crippen molar-refractivity contribution in [1.82, 2.24) is 9.80 Å². The van der Waals surface area contributed by atoms with Crippen LogP contribution in [0.4, 0.5) is 0 Å². The molecule has 0 bridgehead atoms. The van der Waals surface area contributed by atoms with Gasteiger partial charge < -0.3 is 29.1 Å². The molecule has 37 heavy (non-hydrogen) atoms. The van der Waals surface area contributed by atoms with Crippen LogP contribution >= 0.6 is 0 Å². The third-order valence-electron chi connectivity index (χ3n) is 6.24. The number of unbranched alkanes of at least 4 members (excludes halogenated alkanes) is 1. The molecule has 0 aliphatic carbocycles. The maximum Gasteiger partial charge on any atom is 0.295 e. The molecule has 8 nitrogen and oxygen atoms in total. The van der Waals surface area contributed by atoms with Crippen LogP contribution in [0.2, 0.25) is 0 Å². The molecule has 1 amide bonds. The molecule has 8 heteroatoms. The average molecular weight is 511 g/mol. The van der Waals surface area contributed by atoms with Crippen LogP contribution in [0.25, 0.3) is 5.76 Å². The number of carbonyl (C=O) groups excluding carboxylic acids is 2.